The molecule has 2 unspecified atom stereocenters. The third-order valence-electron chi connectivity index (χ3n) is 3.72. The van der Waals surface area contributed by atoms with Gasteiger partial charge in [-0.2, -0.15) is 0 Å². The molecule has 1 N–H and O–H groups in total. The molecule has 0 saturated heterocycles. The van der Waals surface area contributed by atoms with Crippen LogP contribution >= 0.6 is 15.9 Å². The molecule has 106 valence electrons. The van der Waals surface area contributed by atoms with Crippen LogP contribution in [0.15, 0.2) is 42.5 Å². The lowest BCUT2D eigenvalue weighted by atomic mass is 10.0. The molecular formula is C17H20BrNO. The van der Waals surface area contributed by atoms with Crippen LogP contribution in [0.3, 0.4) is 0 Å². The highest BCUT2D eigenvalue weighted by molar-refractivity contribution is 9.09. The lowest BCUT2D eigenvalue weighted by molar-refractivity contribution is -0.121. The summed E-state index contributed by atoms with van der Waals surface area (Å²) >= 11 is 3.45. The number of hydrogen-bond donors (Lipinski definition) is 1. The van der Waals surface area contributed by atoms with E-state index in [9.17, 15) is 4.79 Å². The van der Waals surface area contributed by atoms with Crippen molar-refractivity contribution in [3.63, 3.8) is 0 Å². The van der Waals surface area contributed by atoms with Crippen LogP contribution in [0.25, 0.3) is 10.8 Å². The lowest BCUT2D eigenvalue weighted by Crippen LogP contribution is -2.38. The number of halogens is 1. The molecule has 0 heterocycles. The molecule has 0 radical (unpaired) electrons. The van der Waals surface area contributed by atoms with E-state index < -0.39 is 0 Å². The van der Waals surface area contributed by atoms with Crippen LogP contribution in [0.5, 0.6) is 0 Å². The van der Waals surface area contributed by atoms with Gasteiger partial charge in [0.2, 0.25) is 5.91 Å². The Labute approximate surface area is 128 Å². The molecule has 0 aliphatic rings. The van der Waals surface area contributed by atoms with Gasteiger partial charge in [-0.25, -0.2) is 0 Å². The minimum absolute atomic E-state index is 0.0849. The average molecular weight is 334 g/mol. The summed E-state index contributed by atoms with van der Waals surface area (Å²) in [5, 5.41) is 6.31. The molecule has 1 amide bonds. The van der Waals surface area contributed by atoms with E-state index in [-0.39, 0.29) is 11.9 Å². The van der Waals surface area contributed by atoms with E-state index >= 15 is 0 Å². The molecule has 2 atom stereocenters. The molecule has 0 spiro atoms. The number of nitrogens with one attached hydrogen (secondary N) is 1. The molecular weight excluding hydrogens is 314 g/mol. The monoisotopic (exact) mass is 333 g/mol. The van der Waals surface area contributed by atoms with E-state index in [1.165, 1.54) is 5.39 Å². The Morgan fingerprint density at radius 2 is 1.85 bits per heavy atom. The Hall–Kier alpha value is -1.35. The fraction of sp³-hybridized carbons (Fsp3) is 0.353. The first-order valence-electron chi connectivity index (χ1n) is 6.93. The number of benzene rings is 2. The first-order chi connectivity index (χ1) is 9.61. The summed E-state index contributed by atoms with van der Waals surface area (Å²) in [6.45, 7) is 4.17. The second kappa shape index (κ2) is 6.89. The summed E-state index contributed by atoms with van der Waals surface area (Å²) in [5.74, 6) is 0.508. The zero-order valence-corrected chi connectivity index (χ0v) is 13.5. The topological polar surface area (TPSA) is 29.1 Å². The number of hydrogen-bond acceptors (Lipinski definition) is 1. The van der Waals surface area contributed by atoms with Gasteiger partial charge < -0.3 is 5.32 Å². The van der Waals surface area contributed by atoms with Crippen molar-refractivity contribution >= 4 is 32.6 Å². The number of carbonyl (C=O) groups excluding carboxylic acids is 1. The summed E-state index contributed by atoms with van der Waals surface area (Å²) in [4.78, 5) is 12.2. The highest BCUT2D eigenvalue weighted by Crippen LogP contribution is 2.19. The van der Waals surface area contributed by atoms with E-state index in [1.54, 1.807) is 0 Å². The predicted octanol–water partition coefficient (Wildman–Crippen LogP) is 3.92. The summed E-state index contributed by atoms with van der Waals surface area (Å²) in [7, 11) is 0. The van der Waals surface area contributed by atoms with Crippen molar-refractivity contribution in [1.29, 1.82) is 0 Å². The van der Waals surface area contributed by atoms with Crippen LogP contribution in [-0.2, 0) is 11.2 Å². The maximum absolute atomic E-state index is 12.2. The second-order valence-corrected chi connectivity index (χ2v) is 5.95. The third kappa shape index (κ3) is 3.60. The number of amides is 1. The maximum atomic E-state index is 12.2. The molecule has 0 bridgehead atoms. The van der Waals surface area contributed by atoms with Crippen LogP contribution < -0.4 is 5.32 Å². The van der Waals surface area contributed by atoms with Crippen LogP contribution in [-0.4, -0.2) is 17.3 Å². The maximum Gasteiger partial charge on any atom is 0.224 e. The van der Waals surface area contributed by atoms with Gasteiger partial charge in [-0.1, -0.05) is 65.3 Å². The van der Waals surface area contributed by atoms with Crippen molar-refractivity contribution < 1.29 is 4.79 Å². The van der Waals surface area contributed by atoms with Gasteiger partial charge in [0.25, 0.3) is 0 Å². The number of alkyl halides is 1. The van der Waals surface area contributed by atoms with Gasteiger partial charge in [0, 0.05) is 11.4 Å². The Morgan fingerprint density at radius 3 is 2.60 bits per heavy atom. The molecule has 3 heteroatoms. The van der Waals surface area contributed by atoms with Crippen LogP contribution in [0.2, 0.25) is 0 Å². The molecule has 0 saturated carbocycles. The largest absolute Gasteiger partial charge is 0.353 e. The Bertz CT molecular complexity index is 591. The summed E-state index contributed by atoms with van der Waals surface area (Å²) in [5.41, 5.74) is 1.08. The van der Waals surface area contributed by atoms with Crippen LogP contribution in [0, 0.1) is 5.92 Å². The highest BCUT2D eigenvalue weighted by atomic mass is 79.9. The first kappa shape index (κ1) is 15.0. The van der Waals surface area contributed by atoms with Gasteiger partial charge in [-0.15, -0.1) is 0 Å². The van der Waals surface area contributed by atoms with E-state index in [0.29, 0.717) is 12.3 Å². The molecule has 0 aromatic heterocycles. The van der Waals surface area contributed by atoms with Crippen molar-refractivity contribution in [2.24, 2.45) is 5.92 Å². The van der Waals surface area contributed by atoms with Crippen molar-refractivity contribution in [3.8, 4) is 0 Å². The van der Waals surface area contributed by atoms with E-state index in [4.69, 9.17) is 0 Å². The highest BCUT2D eigenvalue weighted by Gasteiger charge is 2.14. The predicted molar refractivity (Wildman–Crippen MR) is 88.2 cm³/mol. The minimum atomic E-state index is 0.0849. The summed E-state index contributed by atoms with van der Waals surface area (Å²) in [6, 6.07) is 14.5. The summed E-state index contributed by atoms with van der Waals surface area (Å²) < 4.78 is 0. The third-order valence-corrected chi connectivity index (χ3v) is 4.74. The van der Waals surface area contributed by atoms with Gasteiger partial charge in [-0.05, 0) is 29.2 Å². The normalized spacial score (nSPS) is 13.9. The zero-order valence-electron chi connectivity index (χ0n) is 11.9. The molecule has 0 aliphatic heterocycles. The van der Waals surface area contributed by atoms with E-state index in [2.05, 4.69) is 46.4 Å². The Balaban J connectivity index is 2.10. The standard InChI is InChI=1S/C17H20BrNO/c1-12(11-18)13(2)19-17(20)10-15-8-5-7-14-6-3-4-9-16(14)15/h3-9,12-13H,10-11H2,1-2H3,(H,19,20). The molecule has 2 aromatic carbocycles. The van der Waals surface area contributed by atoms with E-state index in [0.717, 1.165) is 16.3 Å². The van der Waals surface area contributed by atoms with Gasteiger partial charge in [0.15, 0.2) is 0 Å². The number of fused-ring (bicyclic) bond motifs is 1. The van der Waals surface area contributed by atoms with Crippen molar-refractivity contribution in [1.82, 2.24) is 5.32 Å². The number of carbonyl (C=O) groups is 1. The Morgan fingerprint density at radius 1 is 1.15 bits per heavy atom. The average Bonchev–Trinajstić information content (AvgIpc) is 2.46. The van der Waals surface area contributed by atoms with Gasteiger partial charge in [0.1, 0.15) is 0 Å². The molecule has 0 aliphatic carbocycles. The van der Waals surface area contributed by atoms with Gasteiger partial charge in [-0.3, -0.25) is 4.79 Å². The quantitative estimate of drug-likeness (QED) is 0.825. The van der Waals surface area contributed by atoms with Gasteiger partial charge >= 0.3 is 0 Å². The molecule has 2 aromatic rings. The fourth-order valence-corrected chi connectivity index (χ4v) is 2.76. The summed E-state index contributed by atoms with van der Waals surface area (Å²) in [6.07, 6.45) is 0.431. The van der Waals surface area contributed by atoms with Crippen LogP contribution in [0.1, 0.15) is 19.4 Å². The second-order valence-electron chi connectivity index (χ2n) is 5.30. The van der Waals surface area contributed by atoms with Crippen molar-refractivity contribution in [2.75, 3.05) is 5.33 Å². The fourth-order valence-electron chi connectivity index (χ4n) is 2.20. The van der Waals surface area contributed by atoms with Gasteiger partial charge in [0.05, 0.1) is 6.42 Å². The van der Waals surface area contributed by atoms with Crippen molar-refractivity contribution in [2.45, 2.75) is 26.3 Å². The van der Waals surface area contributed by atoms with Crippen LogP contribution in [0.4, 0.5) is 0 Å². The molecule has 2 rings (SSSR count). The SMILES string of the molecule is CC(CBr)C(C)NC(=O)Cc1cccc2ccccc12. The smallest absolute Gasteiger partial charge is 0.224 e. The number of rotatable bonds is 5. The minimum Gasteiger partial charge on any atom is -0.353 e. The molecule has 2 nitrogen and oxygen atoms in total. The molecule has 20 heavy (non-hydrogen) atoms. The first-order valence-corrected chi connectivity index (χ1v) is 8.06. The lowest BCUT2D eigenvalue weighted by Gasteiger charge is -2.19. The Kier molecular flexibility index (Phi) is 5.18. The zero-order chi connectivity index (χ0) is 14.5. The molecule has 0 fully saturated rings. The van der Waals surface area contributed by atoms with Crippen molar-refractivity contribution in [3.05, 3.63) is 48.0 Å². The van der Waals surface area contributed by atoms with E-state index in [1.807, 2.05) is 31.2 Å².